The molecule has 0 unspecified atom stereocenters. The third kappa shape index (κ3) is 4.63. The number of ether oxygens (including phenoxy) is 2. The first-order valence-electron chi connectivity index (χ1n) is 7.14. The van der Waals surface area contributed by atoms with Crippen LogP contribution in [0.3, 0.4) is 0 Å². The average molecular weight is 284 g/mol. The summed E-state index contributed by atoms with van der Waals surface area (Å²) in [7, 11) is 0. The van der Waals surface area contributed by atoms with Gasteiger partial charge in [0.2, 0.25) is 0 Å². The minimum Gasteiger partial charge on any atom is -0.494 e. The van der Waals surface area contributed by atoms with E-state index < -0.39 is 0 Å². The highest BCUT2D eigenvalue weighted by atomic mass is 16.5. The molecule has 2 aromatic rings. The van der Waals surface area contributed by atoms with Gasteiger partial charge in [-0.1, -0.05) is 24.3 Å². The number of benzene rings is 2. The first-order valence-corrected chi connectivity index (χ1v) is 7.14. The van der Waals surface area contributed by atoms with Crippen LogP contribution in [0.25, 0.3) is 0 Å². The standard InChI is InChI=1S/C18H20O3/c1-3-20-17-9-5-7-15(13-17)18(19)10-11-21-16-8-4-6-14(2)12-16/h4-9,12-13H,3,10-11H2,1-2H3. The van der Waals surface area contributed by atoms with Crippen molar-refractivity contribution in [3.05, 3.63) is 59.7 Å². The Morgan fingerprint density at radius 2 is 1.71 bits per heavy atom. The molecule has 0 radical (unpaired) electrons. The minimum absolute atomic E-state index is 0.0595. The van der Waals surface area contributed by atoms with Crippen LogP contribution >= 0.6 is 0 Å². The van der Waals surface area contributed by atoms with Gasteiger partial charge >= 0.3 is 0 Å². The molecule has 21 heavy (non-hydrogen) atoms. The molecule has 110 valence electrons. The lowest BCUT2D eigenvalue weighted by molar-refractivity contribution is 0.0961. The predicted octanol–water partition coefficient (Wildman–Crippen LogP) is 4.05. The molecule has 0 atom stereocenters. The van der Waals surface area contributed by atoms with Crippen LogP contribution in [-0.4, -0.2) is 19.0 Å². The number of carbonyl (C=O) groups excluding carboxylic acids is 1. The van der Waals surface area contributed by atoms with Crippen molar-refractivity contribution in [3.8, 4) is 11.5 Å². The number of aryl methyl sites for hydroxylation is 1. The summed E-state index contributed by atoms with van der Waals surface area (Å²) < 4.78 is 11.0. The van der Waals surface area contributed by atoms with Crippen molar-refractivity contribution in [2.75, 3.05) is 13.2 Å². The molecule has 3 heteroatoms. The fraction of sp³-hybridized carbons (Fsp3) is 0.278. The van der Waals surface area contributed by atoms with Crippen LogP contribution < -0.4 is 9.47 Å². The van der Waals surface area contributed by atoms with E-state index >= 15 is 0 Å². The van der Waals surface area contributed by atoms with Gasteiger partial charge < -0.3 is 9.47 Å². The summed E-state index contributed by atoms with van der Waals surface area (Å²) in [4.78, 5) is 12.1. The molecule has 0 aliphatic rings. The predicted molar refractivity (Wildman–Crippen MR) is 83.2 cm³/mol. The van der Waals surface area contributed by atoms with Gasteiger partial charge in [0.25, 0.3) is 0 Å². The maximum Gasteiger partial charge on any atom is 0.166 e. The molecule has 0 aliphatic carbocycles. The average Bonchev–Trinajstić information content (AvgIpc) is 2.48. The van der Waals surface area contributed by atoms with E-state index in [1.807, 2.05) is 50.2 Å². The fourth-order valence-corrected chi connectivity index (χ4v) is 2.04. The maximum atomic E-state index is 12.1. The molecular formula is C18H20O3. The van der Waals surface area contributed by atoms with E-state index in [0.717, 1.165) is 17.1 Å². The summed E-state index contributed by atoms with van der Waals surface area (Å²) in [6.45, 7) is 4.90. The largest absolute Gasteiger partial charge is 0.494 e. The molecule has 2 aromatic carbocycles. The van der Waals surface area contributed by atoms with E-state index in [1.165, 1.54) is 0 Å². The van der Waals surface area contributed by atoms with Gasteiger partial charge in [-0.25, -0.2) is 0 Å². The summed E-state index contributed by atoms with van der Waals surface area (Å²) in [5.41, 5.74) is 1.80. The highest BCUT2D eigenvalue weighted by Crippen LogP contribution is 2.16. The van der Waals surface area contributed by atoms with Crippen molar-refractivity contribution < 1.29 is 14.3 Å². The second kappa shape index (κ2) is 7.48. The number of ketones is 1. The van der Waals surface area contributed by atoms with E-state index in [0.29, 0.717) is 25.2 Å². The zero-order valence-electron chi connectivity index (χ0n) is 12.5. The van der Waals surface area contributed by atoms with E-state index in [1.54, 1.807) is 12.1 Å². The monoisotopic (exact) mass is 284 g/mol. The quantitative estimate of drug-likeness (QED) is 0.720. The molecule has 0 aliphatic heterocycles. The summed E-state index contributed by atoms with van der Waals surface area (Å²) in [6, 6.07) is 15.1. The normalized spacial score (nSPS) is 10.2. The van der Waals surface area contributed by atoms with Gasteiger partial charge in [-0.15, -0.1) is 0 Å². The second-order valence-electron chi connectivity index (χ2n) is 4.80. The fourth-order valence-electron chi connectivity index (χ4n) is 2.04. The third-order valence-electron chi connectivity index (χ3n) is 3.05. The van der Waals surface area contributed by atoms with Crippen LogP contribution in [0.1, 0.15) is 29.3 Å². The Morgan fingerprint density at radius 1 is 1.00 bits per heavy atom. The molecule has 0 heterocycles. The van der Waals surface area contributed by atoms with Crippen molar-refractivity contribution in [2.24, 2.45) is 0 Å². The zero-order valence-corrected chi connectivity index (χ0v) is 12.5. The van der Waals surface area contributed by atoms with Gasteiger partial charge in [-0.05, 0) is 43.7 Å². The number of hydrogen-bond donors (Lipinski definition) is 0. The number of hydrogen-bond acceptors (Lipinski definition) is 3. The molecule has 2 rings (SSSR count). The Morgan fingerprint density at radius 3 is 2.43 bits per heavy atom. The summed E-state index contributed by atoms with van der Waals surface area (Å²) in [5, 5.41) is 0. The molecule has 3 nitrogen and oxygen atoms in total. The van der Waals surface area contributed by atoms with Crippen LogP contribution in [0.2, 0.25) is 0 Å². The van der Waals surface area contributed by atoms with Gasteiger partial charge in [0.1, 0.15) is 11.5 Å². The van der Waals surface area contributed by atoms with Crippen molar-refractivity contribution in [3.63, 3.8) is 0 Å². The first kappa shape index (κ1) is 15.1. The lowest BCUT2D eigenvalue weighted by Gasteiger charge is -2.07. The Balaban J connectivity index is 1.88. The van der Waals surface area contributed by atoms with Crippen molar-refractivity contribution >= 4 is 5.78 Å². The Hall–Kier alpha value is -2.29. The highest BCUT2D eigenvalue weighted by molar-refractivity contribution is 5.96. The molecule has 0 fully saturated rings. The van der Waals surface area contributed by atoms with Gasteiger partial charge in [0.15, 0.2) is 5.78 Å². The lowest BCUT2D eigenvalue weighted by Crippen LogP contribution is -2.07. The summed E-state index contributed by atoms with van der Waals surface area (Å²) >= 11 is 0. The van der Waals surface area contributed by atoms with Crippen LogP contribution in [0.15, 0.2) is 48.5 Å². The number of rotatable bonds is 7. The van der Waals surface area contributed by atoms with Gasteiger partial charge in [0, 0.05) is 12.0 Å². The summed E-state index contributed by atoms with van der Waals surface area (Å²) in [5.74, 6) is 1.58. The van der Waals surface area contributed by atoms with Gasteiger partial charge in [0.05, 0.1) is 13.2 Å². The van der Waals surface area contributed by atoms with E-state index in [4.69, 9.17) is 9.47 Å². The lowest BCUT2D eigenvalue weighted by atomic mass is 10.1. The topological polar surface area (TPSA) is 35.5 Å². The van der Waals surface area contributed by atoms with E-state index in [-0.39, 0.29) is 5.78 Å². The number of carbonyl (C=O) groups is 1. The molecule has 0 saturated heterocycles. The van der Waals surface area contributed by atoms with Gasteiger partial charge in [-0.3, -0.25) is 4.79 Å². The Kier molecular flexibility index (Phi) is 5.38. The maximum absolute atomic E-state index is 12.1. The number of Topliss-reactive ketones (excluding diaryl/α,β-unsaturated/α-hetero) is 1. The van der Waals surface area contributed by atoms with E-state index in [9.17, 15) is 4.79 Å². The second-order valence-corrected chi connectivity index (χ2v) is 4.80. The van der Waals surface area contributed by atoms with Gasteiger partial charge in [-0.2, -0.15) is 0 Å². The Labute approximate surface area is 125 Å². The van der Waals surface area contributed by atoms with Crippen molar-refractivity contribution in [1.82, 2.24) is 0 Å². The molecule has 0 saturated carbocycles. The molecule has 0 spiro atoms. The molecule has 0 amide bonds. The third-order valence-corrected chi connectivity index (χ3v) is 3.05. The van der Waals surface area contributed by atoms with Crippen molar-refractivity contribution in [1.29, 1.82) is 0 Å². The first-order chi connectivity index (χ1) is 10.2. The van der Waals surface area contributed by atoms with Crippen LogP contribution in [0.5, 0.6) is 11.5 Å². The smallest absolute Gasteiger partial charge is 0.166 e. The molecule has 0 N–H and O–H groups in total. The highest BCUT2D eigenvalue weighted by Gasteiger charge is 2.07. The molecule has 0 bridgehead atoms. The Bertz CT molecular complexity index is 605. The minimum atomic E-state index is 0.0595. The SMILES string of the molecule is CCOc1cccc(C(=O)CCOc2cccc(C)c2)c1. The van der Waals surface area contributed by atoms with Crippen LogP contribution in [0, 0.1) is 6.92 Å². The molecule has 0 aromatic heterocycles. The zero-order chi connectivity index (χ0) is 15.1. The van der Waals surface area contributed by atoms with Crippen LogP contribution in [0.4, 0.5) is 0 Å². The van der Waals surface area contributed by atoms with Crippen LogP contribution in [-0.2, 0) is 0 Å². The van der Waals surface area contributed by atoms with Crippen molar-refractivity contribution in [2.45, 2.75) is 20.3 Å². The van der Waals surface area contributed by atoms with E-state index in [2.05, 4.69) is 0 Å². The molecular weight excluding hydrogens is 264 g/mol. The summed E-state index contributed by atoms with van der Waals surface area (Å²) in [6.07, 6.45) is 0.351.